The molecule has 340 valence electrons. The minimum absolute atomic E-state index is 0.0120. The summed E-state index contributed by atoms with van der Waals surface area (Å²) in [6.45, 7) is 13.8. The number of carbonyl (C=O) groups excluding carboxylic acids is 5. The Morgan fingerprint density at radius 1 is 0.823 bits per heavy atom. The molecule has 10 atom stereocenters. The van der Waals surface area contributed by atoms with Crippen LogP contribution in [0.25, 0.3) is 11.4 Å². The van der Waals surface area contributed by atoms with E-state index in [1.165, 1.54) is 31.8 Å². The van der Waals surface area contributed by atoms with Gasteiger partial charge in [-0.1, -0.05) is 51.5 Å². The van der Waals surface area contributed by atoms with Gasteiger partial charge in [-0.25, -0.2) is 9.97 Å². The predicted octanol–water partition coefficient (Wildman–Crippen LogP) is 1.69. The molecule has 1 aromatic heterocycles. The number of aromatic nitrogens is 2. The summed E-state index contributed by atoms with van der Waals surface area (Å²) >= 11 is 0. The van der Waals surface area contributed by atoms with Gasteiger partial charge in [0.2, 0.25) is 23.6 Å². The van der Waals surface area contributed by atoms with E-state index >= 15 is 0 Å². The van der Waals surface area contributed by atoms with Crippen LogP contribution in [-0.2, 0) is 34.9 Å². The van der Waals surface area contributed by atoms with Crippen LogP contribution in [-0.4, -0.2) is 113 Å². The molecule has 3 aliphatic carbocycles. The molecule has 5 amide bonds. The number of hydrogen-bond donors (Lipinski definition) is 8. The van der Waals surface area contributed by atoms with E-state index in [0.29, 0.717) is 37.0 Å². The number of rotatable bonds is 22. The molecule has 0 spiro atoms. The average molecular weight is 862 g/mol. The van der Waals surface area contributed by atoms with Crippen molar-refractivity contribution in [2.75, 3.05) is 13.1 Å². The van der Waals surface area contributed by atoms with Gasteiger partial charge in [-0.05, 0) is 115 Å². The predicted molar refractivity (Wildman–Crippen MR) is 235 cm³/mol. The van der Waals surface area contributed by atoms with E-state index in [9.17, 15) is 29.1 Å². The molecular weight excluding hydrogens is 793 g/mol. The molecule has 0 unspecified atom stereocenters. The summed E-state index contributed by atoms with van der Waals surface area (Å²) in [6.07, 6.45) is 7.94. The lowest BCUT2D eigenvalue weighted by molar-refractivity contribution is -0.199. The zero-order valence-electron chi connectivity index (χ0n) is 37.4. The van der Waals surface area contributed by atoms with Gasteiger partial charge < -0.3 is 52.5 Å². The van der Waals surface area contributed by atoms with Crippen LogP contribution in [0.5, 0.6) is 0 Å². The van der Waals surface area contributed by atoms with Gasteiger partial charge in [0.15, 0.2) is 5.82 Å². The van der Waals surface area contributed by atoms with Crippen LogP contribution in [0, 0.1) is 17.3 Å². The number of hydrogen-bond acceptors (Lipinski definition) is 12. The lowest BCUT2D eigenvalue weighted by Crippen LogP contribution is -2.65. The quantitative estimate of drug-likeness (QED) is 0.0622. The Hall–Kier alpha value is -4.49. The fraction of sp³-hybridized carbons (Fsp3) is 0.659. The number of nitrogens with zero attached hydrogens (tertiary/aromatic N) is 2. The lowest BCUT2D eigenvalue weighted by atomic mass is 9.43. The van der Waals surface area contributed by atoms with Crippen LogP contribution < -0.4 is 38.1 Å². The van der Waals surface area contributed by atoms with E-state index < -0.39 is 78.5 Å². The maximum absolute atomic E-state index is 13.7. The Morgan fingerprint density at radius 2 is 1.48 bits per heavy atom. The summed E-state index contributed by atoms with van der Waals surface area (Å²) in [5, 5.41) is 23.9. The van der Waals surface area contributed by atoms with Crippen molar-refractivity contribution in [3.05, 3.63) is 47.8 Å². The number of amides is 5. The first kappa shape index (κ1) is 48.5. The van der Waals surface area contributed by atoms with E-state index in [2.05, 4.69) is 64.2 Å². The molecule has 1 aliphatic heterocycles. The van der Waals surface area contributed by atoms with E-state index in [4.69, 9.17) is 20.8 Å². The molecule has 1 aromatic carbocycles. The highest BCUT2D eigenvalue weighted by molar-refractivity contribution is 6.47. The molecule has 6 rings (SSSR count). The minimum atomic E-state index is -1.51. The fourth-order valence-corrected chi connectivity index (χ4v) is 9.07. The lowest BCUT2D eigenvalue weighted by Gasteiger charge is -2.64. The van der Waals surface area contributed by atoms with Crippen LogP contribution in [0.15, 0.2) is 36.7 Å². The molecule has 62 heavy (non-hydrogen) atoms. The SMILES string of the molecule is CCCCc1ccc(-c2ncc(C(=O)N[C@@H](CCN)C(=O)N[C@H](C(=O)N[C@@H](C)C(=O)N[C@@H](CCCCN)C(=O)N[C@@H](C)B3O[C@@H]4C[C@@H]5C[C@@H](C5(C)C)[C@]4(C)O3)[C@@H](C)O)cn2)cc1. The first-order chi connectivity index (χ1) is 29.4. The molecule has 10 N–H and O–H groups in total. The summed E-state index contributed by atoms with van der Waals surface area (Å²) in [5.41, 5.74) is 13.3. The number of aliphatic hydroxyl groups excluding tert-OH is 1. The molecular formula is C44H68BN9O8. The second-order valence-corrected chi connectivity index (χ2v) is 18.1. The highest BCUT2D eigenvalue weighted by Gasteiger charge is 2.68. The van der Waals surface area contributed by atoms with Gasteiger partial charge in [0.05, 0.1) is 29.3 Å². The minimum Gasteiger partial charge on any atom is -0.404 e. The highest BCUT2D eigenvalue weighted by Crippen LogP contribution is 2.65. The standard InChI is InChI=1S/C44H68BN9O8/c1-8-9-12-28-14-16-29(17-15-28)37-48-23-30(24-49-37)39(57)53-33(18-20-47)41(59)54-36(26(3)55)42(60)50-25(2)38(56)52-32(13-10-11-19-46)40(58)51-27(4)45-61-35-22-31-21-34(43(31,5)6)44(35,7)62-45/h14-17,23-27,31-36,55H,8-13,18-22,46-47H2,1-7H3,(H,50,60)(H,51,58)(H,52,56)(H,53,57)(H,54,59)/t25-,26+,27-,31-,32-,33-,34-,35+,36-,44-/m0/s1. The van der Waals surface area contributed by atoms with Crippen molar-refractivity contribution >= 4 is 36.7 Å². The van der Waals surface area contributed by atoms with Crippen molar-refractivity contribution < 1.29 is 38.4 Å². The molecule has 1 saturated heterocycles. The smallest absolute Gasteiger partial charge is 0.404 e. The molecule has 3 saturated carbocycles. The topological polar surface area (TPSA) is 262 Å². The number of carbonyl (C=O) groups is 5. The molecule has 4 fully saturated rings. The summed E-state index contributed by atoms with van der Waals surface area (Å²) < 4.78 is 12.9. The third kappa shape index (κ3) is 11.4. The van der Waals surface area contributed by atoms with Gasteiger partial charge >= 0.3 is 7.12 Å². The van der Waals surface area contributed by atoms with Crippen molar-refractivity contribution in [3.63, 3.8) is 0 Å². The van der Waals surface area contributed by atoms with Crippen molar-refractivity contribution in [1.29, 1.82) is 0 Å². The number of benzene rings is 1. The summed E-state index contributed by atoms with van der Waals surface area (Å²) in [6, 6.07) is 3.09. The van der Waals surface area contributed by atoms with Crippen LogP contribution in [0.1, 0.15) is 116 Å². The van der Waals surface area contributed by atoms with E-state index in [1.54, 1.807) is 0 Å². The monoisotopic (exact) mass is 862 g/mol. The second-order valence-electron chi connectivity index (χ2n) is 18.1. The maximum Gasteiger partial charge on any atom is 0.481 e. The second kappa shape index (κ2) is 21.3. The molecule has 17 nitrogen and oxygen atoms in total. The van der Waals surface area contributed by atoms with E-state index in [1.807, 2.05) is 31.2 Å². The summed E-state index contributed by atoms with van der Waals surface area (Å²) in [5.74, 6) is -2.52. The zero-order valence-corrected chi connectivity index (χ0v) is 37.4. The molecule has 2 heterocycles. The van der Waals surface area contributed by atoms with Crippen molar-refractivity contribution in [2.45, 2.75) is 154 Å². The molecule has 0 radical (unpaired) electrons. The Labute approximate surface area is 365 Å². The van der Waals surface area contributed by atoms with Crippen LogP contribution in [0.2, 0.25) is 0 Å². The number of aryl methyl sites for hydroxylation is 1. The molecule has 2 bridgehead atoms. The first-order valence-corrected chi connectivity index (χ1v) is 22.3. The average Bonchev–Trinajstić information content (AvgIpc) is 3.61. The van der Waals surface area contributed by atoms with E-state index in [0.717, 1.165) is 37.7 Å². The van der Waals surface area contributed by atoms with E-state index in [-0.39, 0.29) is 36.5 Å². The Bertz CT molecular complexity index is 1870. The first-order valence-electron chi connectivity index (χ1n) is 22.3. The number of unbranched alkanes of at least 4 members (excludes halogenated alkanes) is 2. The third-order valence-electron chi connectivity index (χ3n) is 13.2. The largest absolute Gasteiger partial charge is 0.481 e. The summed E-state index contributed by atoms with van der Waals surface area (Å²) in [4.78, 5) is 76.0. The Morgan fingerprint density at radius 3 is 2.10 bits per heavy atom. The highest BCUT2D eigenvalue weighted by atomic mass is 16.7. The van der Waals surface area contributed by atoms with Gasteiger partial charge in [-0.15, -0.1) is 0 Å². The summed E-state index contributed by atoms with van der Waals surface area (Å²) in [7, 11) is -0.655. The Balaban J connectivity index is 1.15. The molecule has 2 aromatic rings. The van der Waals surface area contributed by atoms with Crippen LogP contribution in [0.4, 0.5) is 0 Å². The maximum atomic E-state index is 13.7. The van der Waals surface area contributed by atoms with Crippen molar-refractivity contribution in [3.8, 4) is 11.4 Å². The number of nitrogens with two attached hydrogens (primary N) is 2. The van der Waals surface area contributed by atoms with Crippen LogP contribution in [0.3, 0.4) is 0 Å². The molecule has 4 aliphatic rings. The third-order valence-corrected chi connectivity index (χ3v) is 13.2. The number of nitrogens with one attached hydrogen (secondary N) is 5. The van der Waals surface area contributed by atoms with Gasteiger partial charge in [-0.2, -0.15) is 0 Å². The zero-order chi connectivity index (χ0) is 45.4. The van der Waals surface area contributed by atoms with Gasteiger partial charge in [0, 0.05) is 18.0 Å². The van der Waals surface area contributed by atoms with Crippen molar-refractivity contribution in [1.82, 2.24) is 36.6 Å². The molecule has 18 heteroatoms. The number of aliphatic hydroxyl groups is 1. The normalized spacial score (nSPS) is 23.9. The van der Waals surface area contributed by atoms with Gasteiger partial charge in [0.25, 0.3) is 5.91 Å². The van der Waals surface area contributed by atoms with Crippen LogP contribution >= 0.6 is 0 Å². The fourth-order valence-electron chi connectivity index (χ4n) is 9.07. The van der Waals surface area contributed by atoms with Crippen molar-refractivity contribution in [2.24, 2.45) is 28.7 Å². The Kier molecular flexibility index (Phi) is 16.6. The van der Waals surface area contributed by atoms with Gasteiger partial charge in [0.1, 0.15) is 24.2 Å². The van der Waals surface area contributed by atoms with Gasteiger partial charge in [-0.3, -0.25) is 24.0 Å².